The quantitative estimate of drug-likeness (QED) is 0.832. The number of fused-ring (bicyclic) bond motifs is 1. The second kappa shape index (κ2) is 4.66. The SMILES string of the molecule is CC1CCCC(CO)(N2C(=O)c3ccncc3C2=O)C1. The average molecular weight is 274 g/mol. The largest absolute Gasteiger partial charge is 0.394 e. The van der Waals surface area contributed by atoms with Gasteiger partial charge >= 0.3 is 0 Å². The van der Waals surface area contributed by atoms with Crippen LogP contribution in [-0.4, -0.2) is 39.0 Å². The molecule has 0 aromatic carbocycles. The van der Waals surface area contributed by atoms with Crippen LogP contribution in [0, 0.1) is 5.92 Å². The van der Waals surface area contributed by atoms with Crippen LogP contribution in [0.1, 0.15) is 53.3 Å². The van der Waals surface area contributed by atoms with E-state index in [9.17, 15) is 14.7 Å². The highest BCUT2D eigenvalue weighted by molar-refractivity contribution is 6.21. The van der Waals surface area contributed by atoms with E-state index < -0.39 is 5.54 Å². The maximum absolute atomic E-state index is 12.5. The molecule has 0 radical (unpaired) electrons. The molecule has 5 nitrogen and oxygen atoms in total. The van der Waals surface area contributed by atoms with E-state index in [2.05, 4.69) is 11.9 Å². The lowest BCUT2D eigenvalue weighted by atomic mass is 9.75. The molecule has 1 fully saturated rings. The maximum Gasteiger partial charge on any atom is 0.263 e. The van der Waals surface area contributed by atoms with E-state index in [1.54, 1.807) is 6.07 Å². The summed E-state index contributed by atoms with van der Waals surface area (Å²) in [6.45, 7) is 1.93. The number of amides is 2. The minimum atomic E-state index is -0.745. The van der Waals surface area contributed by atoms with Crippen molar-refractivity contribution in [1.29, 1.82) is 0 Å². The first-order valence-corrected chi connectivity index (χ1v) is 7.03. The van der Waals surface area contributed by atoms with Crippen LogP contribution in [-0.2, 0) is 0 Å². The van der Waals surface area contributed by atoms with Crippen molar-refractivity contribution in [2.24, 2.45) is 5.92 Å². The van der Waals surface area contributed by atoms with Gasteiger partial charge in [0, 0.05) is 12.4 Å². The molecule has 1 N–H and O–H groups in total. The van der Waals surface area contributed by atoms with Crippen molar-refractivity contribution in [2.75, 3.05) is 6.61 Å². The molecule has 2 heterocycles. The Morgan fingerprint density at radius 2 is 2.15 bits per heavy atom. The topological polar surface area (TPSA) is 70.5 Å². The summed E-state index contributed by atoms with van der Waals surface area (Å²) in [5.74, 6) is -0.213. The summed E-state index contributed by atoms with van der Waals surface area (Å²) in [6.07, 6.45) is 6.30. The number of imide groups is 1. The lowest BCUT2D eigenvalue weighted by molar-refractivity contribution is 0.00339. The fraction of sp³-hybridized carbons (Fsp3) is 0.533. The van der Waals surface area contributed by atoms with Gasteiger partial charge < -0.3 is 5.11 Å². The van der Waals surface area contributed by atoms with Crippen LogP contribution in [0.5, 0.6) is 0 Å². The van der Waals surface area contributed by atoms with Crippen LogP contribution in [0.2, 0.25) is 0 Å². The standard InChI is InChI=1S/C15H18N2O3/c1-10-3-2-5-15(7-10,9-18)17-13(19)11-4-6-16-8-12(11)14(17)20/h4,6,8,10,18H,2-3,5,7,9H2,1H3. The summed E-state index contributed by atoms with van der Waals surface area (Å²) in [5.41, 5.74) is 0.00445. The van der Waals surface area contributed by atoms with Gasteiger partial charge in [-0.2, -0.15) is 0 Å². The molecular formula is C15H18N2O3. The number of nitrogens with zero attached hydrogens (tertiary/aromatic N) is 2. The number of carbonyl (C=O) groups excluding carboxylic acids is 2. The molecule has 5 heteroatoms. The lowest BCUT2D eigenvalue weighted by Gasteiger charge is -2.44. The Morgan fingerprint density at radius 3 is 2.80 bits per heavy atom. The summed E-state index contributed by atoms with van der Waals surface area (Å²) < 4.78 is 0. The second-order valence-corrected chi connectivity index (χ2v) is 5.95. The zero-order chi connectivity index (χ0) is 14.3. The Bertz CT molecular complexity index is 537. The molecule has 106 valence electrons. The number of aliphatic hydroxyl groups is 1. The molecule has 1 aliphatic carbocycles. The van der Waals surface area contributed by atoms with Gasteiger partial charge in [0.1, 0.15) is 0 Å². The maximum atomic E-state index is 12.5. The Balaban J connectivity index is 2.02. The smallest absolute Gasteiger partial charge is 0.263 e. The van der Waals surface area contributed by atoms with Crippen molar-refractivity contribution in [3.8, 4) is 0 Å². The van der Waals surface area contributed by atoms with Crippen LogP contribution in [0.25, 0.3) is 0 Å². The molecule has 20 heavy (non-hydrogen) atoms. The summed E-state index contributed by atoms with van der Waals surface area (Å²) in [4.78, 5) is 30.3. The summed E-state index contributed by atoms with van der Waals surface area (Å²) >= 11 is 0. The molecule has 2 atom stereocenters. The van der Waals surface area contributed by atoms with E-state index in [4.69, 9.17) is 0 Å². The van der Waals surface area contributed by atoms with E-state index in [-0.39, 0.29) is 18.4 Å². The third-order valence-corrected chi connectivity index (χ3v) is 4.52. The van der Waals surface area contributed by atoms with Crippen molar-refractivity contribution in [3.63, 3.8) is 0 Å². The summed E-state index contributed by atoms with van der Waals surface area (Å²) in [5, 5.41) is 9.87. The highest BCUT2D eigenvalue weighted by Crippen LogP contribution is 2.40. The molecule has 1 aliphatic heterocycles. The first-order chi connectivity index (χ1) is 9.59. The van der Waals surface area contributed by atoms with Crippen molar-refractivity contribution in [3.05, 3.63) is 29.6 Å². The van der Waals surface area contributed by atoms with Gasteiger partial charge in [-0.1, -0.05) is 19.8 Å². The monoisotopic (exact) mass is 274 g/mol. The van der Waals surface area contributed by atoms with Gasteiger partial charge in [0.15, 0.2) is 0 Å². The summed E-state index contributed by atoms with van der Waals surface area (Å²) in [7, 11) is 0. The number of aromatic nitrogens is 1. The number of carbonyl (C=O) groups is 2. The summed E-state index contributed by atoms with van der Waals surface area (Å²) in [6, 6.07) is 1.58. The average Bonchev–Trinajstić information content (AvgIpc) is 2.72. The molecule has 0 saturated heterocycles. The third kappa shape index (κ3) is 1.77. The number of hydrogen-bond acceptors (Lipinski definition) is 4. The van der Waals surface area contributed by atoms with E-state index in [1.807, 2.05) is 0 Å². The molecule has 2 amide bonds. The second-order valence-electron chi connectivity index (χ2n) is 5.95. The van der Waals surface area contributed by atoms with Gasteiger partial charge in [0.05, 0.1) is 23.3 Å². The molecule has 3 rings (SSSR count). The Labute approximate surface area is 117 Å². The predicted molar refractivity (Wildman–Crippen MR) is 72.2 cm³/mol. The highest BCUT2D eigenvalue weighted by Gasteiger charge is 2.50. The fourth-order valence-electron chi connectivity index (χ4n) is 3.57. The fourth-order valence-corrected chi connectivity index (χ4v) is 3.57. The van der Waals surface area contributed by atoms with Crippen LogP contribution in [0.3, 0.4) is 0 Å². The molecule has 1 aromatic heterocycles. The van der Waals surface area contributed by atoms with E-state index in [1.165, 1.54) is 17.3 Å². The molecule has 2 aliphatic rings. The van der Waals surface area contributed by atoms with Gasteiger partial charge in [0.2, 0.25) is 0 Å². The highest BCUT2D eigenvalue weighted by atomic mass is 16.3. The zero-order valence-electron chi connectivity index (χ0n) is 11.5. The van der Waals surface area contributed by atoms with Gasteiger partial charge in [-0.3, -0.25) is 19.5 Å². The first-order valence-electron chi connectivity index (χ1n) is 7.03. The van der Waals surface area contributed by atoms with Crippen LogP contribution < -0.4 is 0 Å². The zero-order valence-corrected chi connectivity index (χ0v) is 11.5. The van der Waals surface area contributed by atoms with E-state index in [0.717, 1.165) is 12.8 Å². The minimum Gasteiger partial charge on any atom is -0.394 e. The van der Waals surface area contributed by atoms with Crippen molar-refractivity contribution < 1.29 is 14.7 Å². The number of hydrogen-bond donors (Lipinski definition) is 1. The van der Waals surface area contributed by atoms with Crippen molar-refractivity contribution in [2.45, 2.75) is 38.1 Å². The van der Waals surface area contributed by atoms with Crippen LogP contribution in [0.15, 0.2) is 18.5 Å². The van der Waals surface area contributed by atoms with Gasteiger partial charge in [-0.25, -0.2) is 0 Å². The lowest BCUT2D eigenvalue weighted by Crippen LogP contribution is -2.56. The predicted octanol–water partition coefficient (Wildman–Crippen LogP) is 1.62. The van der Waals surface area contributed by atoms with Crippen molar-refractivity contribution >= 4 is 11.8 Å². The molecule has 1 aromatic rings. The molecule has 1 saturated carbocycles. The molecule has 0 bridgehead atoms. The van der Waals surface area contributed by atoms with Crippen molar-refractivity contribution in [1.82, 2.24) is 9.88 Å². The minimum absolute atomic E-state index is 0.170. The van der Waals surface area contributed by atoms with Gasteiger partial charge in [-0.05, 0) is 24.8 Å². The van der Waals surface area contributed by atoms with E-state index >= 15 is 0 Å². The normalized spacial score (nSPS) is 29.7. The Kier molecular flexibility index (Phi) is 3.09. The van der Waals surface area contributed by atoms with Crippen LogP contribution in [0.4, 0.5) is 0 Å². The third-order valence-electron chi connectivity index (χ3n) is 4.52. The van der Waals surface area contributed by atoms with Crippen LogP contribution >= 0.6 is 0 Å². The number of aliphatic hydroxyl groups excluding tert-OH is 1. The Morgan fingerprint density at radius 1 is 1.40 bits per heavy atom. The van der Waals surface area contributed by atoms with Gasteiger partial charge in [-0.15, -0.1) is 0 Å². The Hall–Kier alpha value is -1.75. The molecular weight excluding hydrogens is 256 g/mol. The van der Waals surface area contributed by atoms with E-state index in [0.29, 0.717) is 29.9 Å². The number of rotatable bonds is 2. The number of pyridine rings is 1. The molecule has 2 unspecified atom stereocenters. The van der Waals surface area contributed by atoms with Gasteiger partial charge in [0.25, 0.3) is 11.8 Å². The molecule has 0 spiro atoms. The first kappa shape index (κ1) is 13.2.